The first kappa shape index (κ1) is 21.9. The highest BCUT2D eigenvalue weighted by Crippen LogP contribution is 2.58. The average molecular weight is 480 g/mol. The zero-order valence-electron chi connectivity index (χ0n) is 17.9. The summed E-state index contributed by atoms with van der Waals surface area (Å²) >= 11 is 5.65. The van der Waals surface area contributed by atoms with E-state index in [1.54, 1.807) is 7.11 Å². The van der Waals surface area contributed by atoms with E-state index in [1.165, 1.54) is 6.07 Å². The maximum atomic E-state index is 13.2. The molecule has 2 aromatic rings. The molecular formula is C24H21ClF3NO4. The van der Waals surface area contributed by atoms with Gasteiger partial charge in [-0.25, -0.2) is 4.79 Å². The first-order valence-electron chi connectivity index (χ1n) is 10.5. The molecule has 174 valence electrons. The molecule has 0 N–H and O–H groups in total. The highest BCUT2D eigenvalue weighted by molar-refractivity contribution is 6.31. The Hall–Kier alpha value is -2.87. The van der Waals surface area contributed by atoms with Gasteiger partial charge in [0, 0.05) is 31.3 Å². The number of alkyl halides is 3. The van der Waals surface area contributed by atoms with Crippen LogP contribution >= 0.6 is 11.6 Å². The van der Waals surface area contributed by atoms with Gasteiger partial charge in [-0.05, 0) is 42.8 Å². The van der Waals surface area contributed by atoms with E-state index in [4.69, 9.17) is 25.8 Å². The van der Waals surface area contributed by atoms with Crippen molar-refractivity contribution in [1.82, 2.24) is 0 Å². The Morgan fingerprint density at radius 2 is 2.06 bits per heavy atom. The van der Waals surface area contributed by atoms with Crippen LogP contribution < -0.4 is 14.4 Å². The zero-order chi connectivity index (χ0) is 23.5. The SMILES string of the molecule is COc1ccc2c3c1OC1C[C@@H](OC(=O)c4ccc(Cl)c(C(F)(F)F)c4)C=C[C@@]31CCN2C. The van der Waals surface area contributed by atoms with Crippen molar-refractivity contribution in [3.63, 3.8) is 0 Å². The Morgan fingerprint density at radius 1 is 1.27 bits per heavy atom. The molecule has 0 aromatic heterocycles. The summed E-state index contributed by atoms with van der Waals surface area (Å²) in [6, 6.07) is 6.89. The largest absolute Gasteiger partial charge is 0.493 e. The number of hydrogen-bond donors (Lipinski definition) is 0. The Labute approximate surface area is 193 Å². The number of rotatable bonds is 3. The van der Waals surface area contributed by atoms with E-state index < -0.39 is 28.8 Å². The summed E-state index contributed by atoms with van der Waals surface area (Å²) < 4.78 is 56.9. The van der Waals surface area contributed by atoms with Gasteiger partial charge in [-0.15, -0.1) is 0 Å². The van der Waals surface area contributed by atoms with Crippen molar-refractivity contribution in [3.05, 3.63) is 64.2 Å². The van der Waals surface area contributed by atoms with Crippen LogP contribution in [0.1, 0.15) is 34.3 Å². The van der Waals surface area contributed by atoms with Gasteiger partial charge in [0.05, 0.1) is 28.7 Å². The lowest BCUT2D eigenvalue weighted by Crippen LogP contribution is -2.47. The van der Waals surface area contributed by atoms with Gasteiger partial charge in [-0.3, -0.25) is 0 Å². The van der Waals surface area contributed by atoms with Gasteiger partial charge in [0.25, 0.3) is 0 Å². The van der Waals surface area contributed by atoms with Crippen molar-refractivity contribution in [1.29, 1.82) is 0 Å². The summed E-state index contributed by atoms with van der Waals surface area (Å²) in [4.78, 5) is 14.8. The predicted molar refractivity (Wildman–Crippen MR) is 116 cm³/mol. The summed E-state index contributed by atoms with van der Waals surface area (Å²) in [5.74, 6) is 0.483. The molecule has 2 heterocycles. The topological polar surface area (TPSA) is 48.0 Å². The fraction of sp³-hybridized carbons (Fsp3) is 0.375. The van der Waals surface area contributed by atoms with Crippen LogP contribution in [0.3, 0.4) is 0 Å². The molecule has 0 bridgehead atoms. The van der Waals surface area contributed by atoms with E-state index in [0.29, 0.717) is 24.0 Å². The van der Waals surface area contributed by atoms with E-state index in [1.807, 2.05) is 31.3 Å². The molecule has 33 heavy (non-hydrogen) atoms. The molecule has 0 radical (unpaired) electrons. The average Bonchev–Trinajstić information content (AvgIpc) is 3.11. The molecule has 5 rings (SSSR count). The van der Waals surface area contributed by atoms with Crippen LogP contribution in [-0.4, -0.2) is 38.9 Å². The number of hydrogen-bond acceptors (Lipinski definition) is 5. The van der Waals surface area contributed by atoms with Crippen LogP contribution in [0.15, 0.2) is 42.5 Å². The summed E-state index contributed by atoms with van der Waals surface area (Å²) in [6.07, 6.45) is -0.560. The van der Waals surface area contributed by atoms with E-state index >= 15 is 0 Å². The predicted octanol–water partition coefficient (Wildman–Crippen LogP) is 5.39. The first-order chi connectivity index (χ1) is 15.6. The summed E-state index contributed by atoms with van der Waals surface area (Å²) in [5.41, 5.74) is 0.490. The van der Waals surface area contributed by atoms with E-state index in [9.17, 15) is 18.0 Å². The second-order valence-corrected chi connectivity index (χ2v) is 8.95. The monoisotopic (exact) mass is 479 g/mol. The Morgan fingerprint density at radius 3 is 2.79 bits per heavy atom. The molecule has 1 spiro atoms. The number of methoxy groups -OCH3 is 1. The first-order valence-corrected chi connectivity index (χ1v) is 10.9. The highest BCUT2D eigenvalue weighted by atomic mass is 35.5. The van der Waals surface area contributed by atoms with Gasteiger partial charge in [-0.2, -0.15) is 13.2 Å². The van der Waals surface area contributed by atoms with E-state index in [2.05, 4.69) is 4.90 Å². The van der Waals surface area contributed by atoms with Gasteiger partial charge in [0.1, 0.15) is 12.2 Å². The lowest BCUT2D eigenvalue weighted by molar-refractivity contribution is -0.137. The number of benzene rings is 2. The molecule has 1 aliphatic carbocycles. The summed E-state index contributed by atoms with van der Waals surface area (Å²) in [7, 11) is 3.62. The van der Waals surface area contributed by atoms with Crippen LogP contribution in [0.2, 0.25) is 5.02 Å². The smallest absolute Gasteiger partial charge is 0.417 e. The molecule has 5 nitrogen and oxygen atoms in total. The standard InChI is InChI=1S/C24H21ClF3NO4/c1-29-10-9-23-8-7-14(12-19(23)33-21-18(31-2)6-5-17(29)20(21)23)32-22(30)13-3-4-16(25)15(11-13)24(26,27)28/h3-8,11,14,19H,9-10,12H2,1-2H3/t14-,19?,23-/m0/s1. The zero-order valence-corrected chi connectivity index (χ0v) is 18.7. The second kappa shape index (κ2) is 7.58. The third-order valence-electron chi connectivity index (χ3n) is 6.71. The van der Waals surface area contributed by atoms with Crippen molar-refractivity contribution in [3.8, 4) is 11.5 Å². The van der Waals surface area contributed by atoms with Crippen molar-refractivity contribution in [2.75, 3.05) is 25.6 Å². The molecule has 1 unspecified atom stereocenters. The highest BCUT2D eigenvalue weighted by Gasteiger charge is 2.54. The number of nitrogens with zero attached hydrogens (tertiary/aromatic N) is 1. The molecule has 0 amide bonds. The van der Waals surface area contributed by atoms with Gasteiger partial charge in [0.2, 0.25) is 0 Å². The summed E-state index contributed by atoms with van der Waals surface area (Å²) in [5, 5.41) is -0.470. The maximum absolute atomic E-state index is 13.2. The molecule has 3 aliphatic rings. The number of carbonyl (C=O) groups excluding carboxylic acids is 1. The van der Waals surface area contributed by atoms with Crippen molar-refractivity contribution in [2.45, 2.75) is 36.6 Å². The van der Waals surface area contributed by atoms with E-state index in [0.717, 1.165) is 30.3 Å². The Kier molecular flexibility index (Phi) is 5.04. The Bertz CT molecular complexity index is 1170. The minimum atomic E-state index is -4.67. The van der Waals surface area contributed by atoms with Crippen molar-refractivity contribution >= 4 is 23.3 Å². The second-order valence-electron chi connectivity index (χ2n) is 8.54. The molecule has 2 aliphatic heterocycles. The lowest BCUT2D eigenvalue weighted by atomic mass is 9.67. The molecule has 0 fully saturated rings. The number of ether oxygens (including phenoxy) is 3. The number of carbonyl (C=O) groups is 1. The Balaban J connectivity index is 1.42. The summed E-state index contributed by atoms with van der Waals surface area (Å²) in [6.45, 7) is 0.832. The van der Waals surface area contributed by atoms with Crippen LogP contribution in [0.5, 0.6) is 11.5 Å². The molecular weight excluding hydrogens is 459 g/mol. The van der Waals surface area contributed by atoms with Crippen LogP contribution in [0.25, 0.3) is 0 Å². The van der Waals surface area contributed by atoms with E-state index in [-0.39, 0.29) is 17.1 Å². The van der Waals surface area contributed by atoms with Crippen LogP contribution in [-0.2, 0) is 16.3 Å². The van der Waals surface area contributed by atoms with Crippen LogP contribution in [0, 0.1) is 0 Å². The molecule has 0 saturated heterocycles. The number of anilines is 1. The van der Waals surface area contributed by atoms with Crippen LogP contribution in [0.4, 0.5) is 18.9 Å². The third-order valence-corrected chi connectivity index (χ3v) is 7.04. The fourth-order valence-electron chi connectivity index (χ4n) is 5.03. The fourth-order valence-corrected chi connectivity index (χ4v) is 5.25. The third kappa shape index (κ3) is 3.42. The number of halogens is 4. The van der Waals surface area contributed by atoms with Crippen molar-refractivity contribution < 1.29 is 32.2 Å². The minimum Gasteiger partial charge on any atom is -0.493 e. The minimum absolute atomic E-state index is 0.209. The molecule has 2 aromatic carbocycles. The quantitative estimate of drug-likeness (QED) is 0.436. The van der Waals surface area contributed by atoms with Gasteiger partial charge in [0.15, 0.2) is 11.5 Å². The van der Waals surface area contributed by atoms with Gasteiger partial charge >= 0.3 is 12.1 Å². The molecule has 9 heteroatoms. The number of esters is 1. The molecule has 3 atom stereocenters. The molecule has 0 saturated carbocycles. The lowest BCUT2D eigenvalue weighted by Gasteiger charge is -2.42. The van der Waals surface area contributed by atoms with Gasteiger partial charge in [-0.1, -0.05) is 17.7 Å². The van der Waals surface area contributed by atoms with Gasteiger partial charge < -0.3 is 19.1 Å². The normalized spacial score (nSPS) is 25.2. The maximum Gasteiger partial charge on any atom is 0.417 e. The van der Waals surface area contributed by atoms with Crippen molar-refractivity contribution in [2.24, 2.45) is 0 Å².